The molecular formula is C10H24N4O11S. The highest BCUT2D eigenvalue weighted by molar-refractivity contribution is 7.72. The van der Waals surface area contributed by atoms with E-state index in [1.165, 1.54) is 0 Å². The molecule has 0 rings (SSSR count). The molecule has 16 heteroatoms. The van der Waals surface area contributed by atoms with Gasteiger partial charge in [0.15, 0.2) is 0 Å². The number of carbonyl (C=O) groups is 4. The summed E-state index contributed by atoms with van der Waals surface area (Å²) in [4.78, 5) is 44.4. The van der Waals surface area contributed by atoms with Gasteiger partial charge in [-0.15, -0.1) is 11.4 Å². The van der Waals surface area contributed by atoms with Crippen molar-refractivity contribution in [3.8, 4) is 0 Å². The van der Waals surface area contributed by atoms with Crippen molar-refractivity contribution in [1.82, 2.24) is 22.1 Å². The minimum Gasteiger partial charge on any atom is -0.784 e. The Balaban J connectivity index is -0.000000363. The fourth-order valence-corrected chi connectivity index (χ4v) is 1.48. The third-order valence-corrected chi connectivity index (χ3v) is 2.17. The first-order valence-electron chi connectivity index (χ1n) is 6.02. The largest absolute Gasteiger partial charge is 0.784 e. The predicted molar refractivity (Wildman–Crippen MR) is 85.1 cm³/mol. The van der Waals surface area contributed by atoms with Crippen LogP contribution < -0.4 is 12.3 Å². The summed E-state index contributed by atoms with van der Waals surface area (Å²) >= 11 is -3.11. The number of nitrogens with zero attached hydrogens (tertiary/aromatic N) is 2. The summed E-state index contributed by atoms with van der Waals surface area (Å²) in [5.41, 5.74) is 0. The molecule has 0 saturated carbocycles. The number of quaternary nitrogens is 2. The van der Waals surface area contributed by atoms with Crippen LogP contribution in [0.5, 0.6) is 0 Å². The van der Waals surface area contributed by atoms with Gasteiger partial charge in [0, 0.05) is 13.1 Å². The van der Waals surface area contributed by atoms with E-state index >= 15 is 0 Å². The van der Waals surface area contributed by atoms with Gasteiger partial charge >= 0.3 is 23.9 Å². The lowest BCUT2D eigenvalue weighted by Crippen LogP contribution is -2.43. The minimum atomic E-state index is -3.11. The molecule has 0 aliphatic rings. The first kappa shape index (κ1) is 31.5. The summed E-state index contributed by atoms with van der Waals surface area (Å²) < 4.78 is 25.3. The molecule has 0 aromatic rings. The van der Waals surface area contributed by atoms with Crippen molar-refractivity contribution in [2.75, 3.05) is 39.3 Å². The molecule has 0 saturated heterocycles. The monoisotopic (exact) mass is 408 g/mol. The summed E-state index contributed by atoms with van der Waals surface area (Å²) in [6.07, 6.45) is 0. The highest BCUT2D eigenvalue weighted by Crippen LogP contribution is 1.94. The fraction of sp³-hybridized carbons (Fsp3) is 0.600. The molecule has 156 valence electrons. The van der Waals surface area contributed by atoms with E-state index in [0.29, 0.717) is 0 Å². The lowest BCUT2D eigenvalue weighted by molar-refractivity contribution is -0.145. The topological polar surface area (TPSA) is 292 Å². The Labute approximate surface area is 150 Å². The quantitative estimate of drug-likeness (QED) is 0.196. The lowest BCUT2D eigenvalue weighted by atomic mass is 10.4. The molecular weight excluding hydrogens is 384 g/mol. The fourth-order valence-electron chi connectivity index (χ4n) is 1.48. The van der Waals surface area contributed by atoms with Crippen molar-refractivity contribution in [2.45, 2.75) is 0 Å². The van der Waals surface area contributed by atoms with E-state index in [9.17, 15) is 19.2 Å². The molecule has 12 N–H and O–H groups in total. The Morgan fingerprint density at radius 1 is 0.654 bits per heavy atom. The number of hydrogen-bond acceptors (Lipinski definition) is 9. The van der Waals surface area contributed by atoms with E-state index in [4.69, 9.17) is 33.7 Å². The van der Waals surface area contributed by atoms with Crippen LogP contribution in [0.4, 0.5) is 0 Å². The van der Waals surface area contributed by atoms with Crippen molar-refractivity contribution >= 4 is 35.2 Å². The van der Waals surface area contributed by atoms with E-state index in [1.807, 2.05) is 0 Å². The van der Waals surface area contributed by atoms with Crippen LogP contribution in [0.1, 0.15) is 0 Å². The molecule has 0 unspecified atom stereocenters. The van der Waals surface area contributed by atoms with Gasteiger partial charge in [-0.05, 0) is 0 Å². The average Bonchev–Trinajstić information content (AvgIpc) is 2.32. The van der Waals surface area contributed by atoms with Crippen LogP contribution in [0.25, 0.3) is 0 Å². The van der Waals surface area contributed by atoms with Crippen molar-refractivity contribution < 1.29 is 52.9 Å². The van der Waals surface area contributed by atoms with Gasteiger partial charge in [0.05, 0.1) is 26.2 Å². The number of carboxylic acid groups (broad SMARTS) is 4. The molecule has 0 fully saturated rings. The van der Waals surface area contributed by atoms with E-state index in [2.05, 4.69) is 0 Å². The van der Waals surface area contributed by atoms with Crippen LogP contribution in [0, 0.1) is 0 Å². The van der Waals surface area contributed by atoms with E-state index in [1.54, 1.807) is 0 Å². The molecule has 0 amide bonds. The Kier molecular flexibility index (Phi) is 21.4. The molecule has 0 radical (unpaired) electrons. The highest BCUT2D eigenvalue weighted by Gasteiger charge is 2.17. The minimum absolute atomic E-state index is 0. The number of aliphatic carboxylic acids is 4. The third-order valence-electron chi connectivity index (χ3n) is 2.17. The first-order valence-corrected chi connectivity index (χ1v) is 7.02. The van der Waals surface area contributed by atoms with Crippen LogP contribution in [0.15, 0.2) is 0 Å². The Hall–Kier alpha value is -2.21. The van der Waals surface area contributed by atoms with Gasteiger partial charge in [0.2, 0.25) is 0 Å². The summed E-state index contributed by atoms with van der Waals surface area (Å²) in [5.74, 6) is -4.91. The van der Waals surface area contributed by atoms with Gasteiger partial charge in [-0.1, -0.05) is 0 Å². The molecule has 0 aliphatic carbocycles. The smallest absolute Gasteiger partial charge is 0.317 e. The number of hydrogen-bond donors (Lipinski definition) is 6. The zero-order valence-corrected chi connectivity index (χ0v) is 15.0. The predicted octanol–water partition coefficient (Wildman–Crippen LogP) is -2.32. The third kappa shape index (κ3) is 26.7. The van der Waals surface area contributed by atoms with Crippen molar-refractivity contribution in [1.29, 1.82) is 0 Å². The zero-order chi connectivity index (χ0) is 19.3. The second-order valence-electron chi connectivity index (χ2n) is 4.20. The molecule has 0 atom stereocenters. The average molecular weight is 408 g/mol. The zero-order valence-electron chi connectivity index (χ0n) is 14.2. The Bertz CT molecular complexity index is 404. The summed E-state index contributed by atoms with van der Waals surface area (Å²) in [5, 5.41) is 34.5. The van der Waals surface area contributed by atoms with Gasteiger partial charge in [-0.25, -0.2) is 0 Å². The van der Waals surface area contributed by atoms with Gasteiger partial charge in [0.1, 0.15) is 0 Å². The normalized spacial score (nSPS) is 9.58. The number of rotatable bonds is 11. The lowest BCUT2D eigenvalue weighted by Gasteiger charge is -2.23. The molecule has 0 aromatic heterocycles. The van der Waals surface area contributed by atoms with E-state index < -0.39 is 61.4 Å². The van der Waals surface area contributed by atoms with Gasteiger partial charge in [0.25, 0.3) is 0 Å². The Morgan fingerprint density at radius 2 is 0.808 bits per heavy atom. The molecule has 15 nitrogen and oxygen atoms in total. The van der Waals surface area contributed by atoms with E-state index in [-0.39, 0.29) is 25.4 Å². The van der Waals surface area contributed by atoms with Gasteiger partial charge in [-0.2, -0.15) is 0 Å². The molecule has 0 spiro atoms. The second-order valence-corrected chi connectivity index (χ2v) is 4.61. The van der Waals surface area contributed by atoms with Crippen molar-refractivity contribution in [3.05, 3.63) is 0 Å². The van der Waals surface area contributed by atoms with Crippen LogP contribution in [0.3, 0.4) is 0 Å². The van der Waals surface area contributed by atoms with Crippen molar-refractivity contribution in [3.63, 3.8) is 0 Å². The standard InChI is InChI=1S/C10H16N2O8.2H3N.H2O3S/c13-7(14)3-11(4-8(15)16)1-2-12(5-9(17)18)6-10(19)20;;;1-4(2)3/h1-6H2,(H,13,14)(H,15,16)(H,17,18)(H,19,20);2*1H3;(H2,1,2,3). The van der Waals surface area contributed by atoms with Crippen LogP contribution in [0.2, 0.25) is 0 Å². The molecule has 0 bridgehead atoms. The van der Waals surface area contributed by atoms with E-state index in [0.717, 1.165) is 9.80 Å². The van der Waals surface area contributed by atoms with Crippen molar-refractivity contribution in [2.24, 2.45) is 0 Å². The number of carboxylic acids is 4. The second kappa shape index (κ2) is 17.6. The molecule has 0 heterocycles. The maximum absolute atomic E-state index is 10.6. The van der Waals surface area contributed by atoms with Gasteiger partial charge in [-0.3, -0.25) is 33.2 Å². The summed E-state index contributed by atoms with van der Waals surface area (Å²) in [6, 6.07) is 0. The maximum atomic E-state index is 10.6. The molecule has 0 aliphatic heterocycles. The Morgan fingerprint density at radius 3 is 0.923 bits per heavy atom. The van der Waals surface area contributed by atoms with Crippen LogP contribution >= 0.6 is 0 Å². The van der Waals surface area contributed by atoms with Crippen LogP contribution in [-0.2, 0) is 30.5 Å². The first-order chi connectivity index (χ1) is 10.9. The summed E-state index contributed by atoms with van der Waals surface area (Å²) in [7, 11) is 0. The van der Waals surface area contributed by atoms with Crippen LogP contribution in [-0.4, -0.2) is 107 Å². The summed E-state index contributed by atoms with van der Waals surface area (Å²) in [6.45, 7) is -2.25. The highest BCUT2D eigenvalue weighted by atomic mass is 32.2. The van der Waals surface area contributed by atoms with Gasteiger partial charge < -0.3 is 41.8 Å². The maximum Gasteiger partial charge on any atom is 0.317 e. The SMILES string of the molecule is O=C(O)CN(CCN(CC(=O)O)CC(=O)O)CC(=O)O.O=S([O-])[O-].[NH4+].[NH4+]. The molecule has 26 heavy (non-hydrogen) atoms. The molecule has 0 aromatic carbocycles.